The van der Waals surface area contributed by atoms with Gasteiger partial charge in [0.15, 0.2) is 0 Å². The molecule has 0 aliphatic rings. The van der Waals surface area contributed by atoms with Crippen LogP contribution in [-0.4, -0.2) is 0 Å². The molecule has 0 aliphatic carbocycles. The molecule has 2 aromatic carbocycles. The first-order chi connectivity index (χ1) is 7.25. The van der Waals surface area contributed by atoms with Gasteiger partial charge in [0.2, 0.25) is 0 Å². The van der Waals surface area contributed by atoms with Crippen LogP contribution in [0.5, 0.6) is 0 Å². The molecule has 0 bridgehead atoms. The Morgan fingerprint density at radius 2 is 1.87 bits per heavy atom. The fourth-order valence-corrected chi connectivity index (χ4v) is 5.01. The Labute approximate surface area is 114 Å². The van der Waals surface area contributed by atoms with Crippen molar-refractivity contribution in [1.82, 2.24) is 0 Å². The van der Waals surface area contributed by atoms with Gasteiger partial charge in [0, 0.05) is 28.2 Å². The van der Waals surface area contributed by atoms with Crippen LogP contribution in [0.2, 0.25) is 0 Å². The van der Waals surface area contributed by atoms with E-state index in [1.54, 1.807) is 0 Å². The summed E-state index contributed by atoms with van der Waals surface area (Å²) in [6.45, 7) is 0. The van der Waals surface area contributed by atoms with E-state index in [4.69, 9.17) is 0 Å². The summed E-state index contributed by atoms with van der Waals surface area (Å²) >= 11 is 7.86. The van der Waals surface area contributed by atoms with Crippen LogP contribution in [0.15, 0.2) is 40.9 Å². The summed E-state index contributed by atoms with van der Waals surface area (Å²) in [6, 6.07) is 13.0. The SMILES string of the molecule is Brc1cc(I)cc2sc3ccccc3c12. The molecular formula is C12H6BrIS. The van der Waals surface area contributed by atoms with Crippen LogP contribution < -0.4 is 0 Å². The molecule has 0 amide bonds. The van der Waals surface area contributed by atoms with Crippen LogP contribution in [0.3, 0.4) is 0 Å². The van der Waals surface area contributed by atoms with Crippen LogP contribution in [0.4, 0.5) is 0 Å². The van der Waals surface area contributed by atoms with Crippen LogP contribution >= 0.6 is 49.9 Å². The van der Waals surface area contributed by atoms with Gasteiger partial charge in [-0.1, -0.05) is 34.1 Å². The summed E-state index contributed by atoms with van der Waals surface area (Å²) in [5.74, 6) is 0. The summed E-state index contributed by atoms with van der Waals surface area (Å²) in [5, 5.41) is 2.69. The molecule has 0 spiro atoms. The smallest absolute Gasteiger partial charge is 0.0377 e. The molecule has 0 atom stereocenters. The number of hydrogen-bond acceptors (Lipinski definition) is 1. The number of thiophene rings is 1. The number of hydrogen-bond donors (Lipinski definition) is 0. The maximum Gasteiger partial charge on any atom is 0.0377 e. The van der Waals surface area contributed by atoms with E-state index in [0.717, 1.165) is 0 Å². The van der Waals surface area contributed by atoms with Gasteiger partial charge in [-0.25, -0.2) is 0 Å². The highest BCUT2D eigenvalue weighted by Crippen LogP contribution is 2.38. The molecular weight excluding hydrogens is 383 g/mol. The van der Waals surface area contributed by atoms with Gasteiger partial charge >= 0.3 is 0 Å². The zero-order valence-corrected chi connectivity index (χ0v) is 12.2. The van der Waals surface area contributed by atoms with E-state index in [1.165, 1.54) is 28.2 Å². The zero-order chi connectivity index (χ0) is 10.4. The highest BCUT2D eigenvalue weighted by molar-refractivity contribution is 14.1. The third-order valence-corrected chi connectivity index (χ3v) is 4.76. The van der Waals surface area contributed by atoms with E-state index < -0.39 is 0 Å². The first kappa shape index (κ1) is 10.1. The van der Waals surface area contributed by atoms with Gasteiger partial charge in [-0.3, -0.25) is 0 Å². The van der Waals surface area contributed by atoms with Crippen LogP contribution in [0.1, 0.15) is 0 Å². The zero-order valence-electron chi connectivity index (χ0n) is 7.63. The molecule has 1 heterocycles. The Morgan fingerprint density at radius 3 is 2.73 bits per heavy atom. The predicted octanol–water partition coefficient (Wildman–Crippen LogP) is 5.42. The Balaban J connectivity index is 2.61. The molecule has 1 aromatic heterocycles. The third kappa shape index (κ3) is 1.61. The Kier molecular flexibility index (Phi) is 2.49. The second-order valence-corrected chi connectivity index (χ2v) is 6.54. The Bertz CT molecular complexity index is 657. The van der Waals surface area contributed by atoms with Crippen LogP contribution in [0, 0.1) is 3.57 Å². The monoisotopic (exact) mass is 388 g/mol. The minimum atomic E-state index is 1.20. The molecule has 0 saturated carbocycles. The van der Waals surface area contributed by atoms with Crippen molar-refractivity contribution >= 4 is 70.0 Å². The van der Waals surface area contributed by atoms with Gasteiger partial charge in [-0.05, 0) is 40.8 Å². The molecule has 0 aliphatic heterocycles. The number of halogens is 2. The quantitative estimate of drug-likeness (QED) is 0.451. The van der Waals surface area contributed by atoms with E-state index in [1.807, 2.05) is 11.3 Å². The van der Waals surface area contributed by atoms with Gasteiger partial charge in [0.25, 0.3) is 0 Å². The fourth-order valence-electron chi connectivity index (χ4n) is 1.77. The predicted molar refractivity (Wildman–Crippen MR) is 79.7 cm³/mol. The summed E-state index contributed by atoms with van der Waals surface area (Å²) in [6.07, 6.45) is 0. The Hall–Kier alpha value is -0.130. The highest BCUT2D eigenvalue weighted by Gasteiger charge is 2.08. The lowest BCUT2D eigenvalue weighted by Gasteiger charge is -1.96. The van der Waals surface area contributed by atoms with E-state index >= 15 is 0 Å². The first-order valence-electron chi connectivity index (χ1n) is 4.52. The highest BCUT2D eigenvalue weighted by atomic mass is 127. The lowest BCUT2D eigenvalue weighted by atomic mass is 10.2. The van der Waals surface area contributed by atoms with Crippen molar-refractivity contribution in [3.8, 4) is 0 Å². The number of fused-ring (bicyclic) bond motifs is 3. The molecule has 0 fully saturated rings. The van der Waals surface area contributed by atoms with Gasteiger partial charge in [0.1, 0.15) is 0 Å². The molecule has 74 valence electrons. The van der Waals surface area contributed by atoms with Crippen molar-refractivity contribution < 1.29 is 0 Å². The molecule has 15 heavy (non-hydrogen) atoms. The molecule has 0 N–H and O–H groups in total. The maximum absolute atomic E-state index is 3.65. The van der Waals surface area contributed by atoms with Crippen molar-refractivity contribution in [2.24, 2.45) is 0 Å². The second-order valence-electron chi connectivity index (χ2n) is 3.36. The first-order valence-corrected chi connectivity index (χ1v) is 7.21. The normalized spacial score (nSPS) is 11.3. The Morgan fingerprint density at radius 1 is 1.07 bits per heavy atom. The van der Waals surface area contributed by atoms with Crippen molar-refractivity contribution in [2.75, 3.05) is 0 Å². The fraction of sp³-hybridized carbons (Fsp3) is 0. The molecule has 0 unspecified atom stereocenters. The third-order valence-electron chi connectivity index (χ3n) is 2.40. The van der Waals surface area contributed by atoms with Crippen LogP contribution in [0.25, 0.3) is 20.2 Å². The van der Waals surface area contributed by atoms with Crippen molar-refractivity contribution in [2.45, 2.75) is 0 Å². The van der Waals surface area contributed by atoms with Gasteiger partial charge in [-0.15, -0.1) is 11.3 Å². The van der Waals surface area contributed by atoms with Gasteiger partial charge in [0.05, 0.1) is 0 Å². The standard InChI is InChI=1S/C12H6BrIS/c13-9-5-7(14)6-11-12(9)8-3-1-2-4-10(8)15-11/h1-6H. The largest absolute Gasteiger partial charge is 0.135 e. The van der Waals surface area contributed by atoms with E-state index in [2.05, 4.69) is 74.9 Å². The van der Waals surface area contributed by atoms with E-state index in [9.17, 15) is 0 Å². The maximum atomic E-state index is 3.65. The average molecular weight is 389 g/mol. The average Bonchev–Trinajstić information content (AvgIpc) is 2.54. The lowest BCUT2D eigenvalue weighted by Crippen LogP contribution is -1.72. The summed E-state index contributed by atoms with van der Waals surface area (Å²) < 4.78 is 5.19. The molecule has 0 nitrogen and oxygen atoms in total. The van der Waals surface area contributed by atoms with Gasteiger partial charge < -0.3 is 0 Å². The number of benzene rings is 2. The lowest BCUT2D eigenvalue weighted by molar-refractivity contribution is 1.72. The van der Waals surface area contributed by atoms with Crippen molar-refractivity contribution in [3.05, 3.63) is 44.4 Å². The van der Waals surface area contributed by atoms with E-state index in [0.29, 0.717) is 0 Å². The van der Waals surface area contributed by atoms with Gasteiger partial charge in [-0.2, -0.15) is 0 Å². The van der Waals surface area contributed by atoms with Crippen LogP contribution in [-0.2, 0) is 0 Å². The topological polar surface area (TPSA) is 0 Å². The second kappa shape index (κ2) is 3.71. The van der Waals surface area contributed by atoms with E-state index in [-0.39, 0.29) is 0 Å². The molecule has 3 heteroatoms. The summed E-state index contributed by atoms with van der Waals surface area (Å²) in [5.41, 5.74) is 0. The number of rotatable bonds is 0. The minimum absolute atomic E-state index is 1.20. The molecule has 3 rings (SSSR count). The minimum Gasteiger partial charge on any atom is -0.135 e. The summed E-state index contributed by atoms with van der Waals surface area (Å²) in [4.78, 5) is 0. The molecule has 0 saturated heterocycles. The van der Waals surface area contributed by atoms with Crippen molar-refractivity contribution in [3.63, 3.8) is 0 Å². The van der Waals surface area contributed by atoms with Crippen molar-refractivity contribution in [1.29, 1.82) is 0 Å². The molecule has 3 aromatic rings. The molecule has 0 radical (unpaired) electrons. The summed E-state index contributed by atoms with van der Waals surface area (Å²) in [7, 11) is 0.